The molecular weight excluding hydrogens is 374 g/mol. The van der Waals surface area contributed by atoms with Crippen molar-refractivity contribution in [1.29, 1.82) is 0 Å². The van der Waals surface area contributed by atoms with Gasteiger partial charge in [0, 0.05) is 17.6 Å². The highest BCUT2D eigenvalue weighted by Gasteiger charge is 2.16. The second-order valence-electron chi connectivity index (χ2n) is 5.76. The second-order valence-corrected chi connectivity index (χ2v) is 5.76. The summed E-state index contributed by atoms with van der Waals surface area (Å²) in [6.45, 7) is 8.93. The van der Waals surface area contributed by atoms with Crippen LogP contribution in [0.4, 0.5) is 4.79 Å². The largest absolute Gasteiger partial charge is 0.462 e. The van der Waals surface area contributed by atoms with Gasteiger partial charge in [-0.2, -0.15) is 0 Å². The number of aliphatic hydroxyl groups is 1. The predicted molar refractivity (Wildman–Crippen MR) is 97.1 cm³/mol. The number of ether oxygens (including phenoxy) is 4. The van der Waals surface area contributed by atoms with Gasteiger partial charge in [0.2, 0.25) is 0 Å². The SMILES string of the molecule is C=C(C)C(=O)OCCCC(=O)OC(CO)COC(=O)NCCOC(=O)C(=C)C. The second kappa shape index (κ2) is 14.2. The molecule has 0 spiro atoms. The zero-order valence-corrected chi connectivity index (χ0v) is 16.2. The zero-order chi connectivity index (χ0) is 21.5. The number of aliphatic hydroxyl groups excluding tert-OH is 1. The van der Waals surface area contributed by atoms with Gasteiger partial charge in [-0.05, 0) is 20.3 Å². The van der Waals surface area contributed by atoms with E-state index >= 15 is 0 Å². The number of alkyl carbamates (subject to hydrolysis) is 1. The summed E-state index contributed by atoms with van der Waals surface area (Å²) in [6.07, 6.45) is -1.66. The van der Waals surface area contributed by atoms with Gasteiger partial charge in [0.1, 0.15) is 13.2 Å². The summed E-state index contributed by atoms with van der Waals surface area (Å²) in [6, 6.07) is 0. The van der Waals surface area contributed by atoms with Gasteiger partial charge in [-0.15, -0.1) is 0 Å². The third-order valence-electron chi connectivity index (χ3n) is 2.96. The Morgan fingerprint density at radius 2 is 1.54 bits per heavy atom. The maximum atomic E-state index is 11.7. The molecule has 158 valence electrons. The molecule has 28 heavy (non-hydrogen) atoms. The molecule has 0 saturated heterocycles. The van der Waals surface area contributed by atoms with E-state index in [9.17, 15) is 24.3 Å². The number of rotatable bonds is 13. The first-order valence-electron chi connectivity index (χ1n) is 8.53. The molecule has 0 bridgehead atoms. The molecule has 0 aromatic carbocycles. The Hall–Kier alpha value is -2.88. The van der Waals surface area contributed by atoms with Crippen molar-refractivity contribution in [2.75, 3.05) is 33.0 Å². The molecule has 1 unspecified atom stereocenters. The number of carbonyl (C=O) groups excluding carboxylic acids is 4. The van der Waals surface area contributed by atoms with Gasteiger partial charge in [0.25, 0.3) is 0 Å². The van der Waals surface area contributed by atoms with Crippen LogP contribution in [0.1, 0.15) is 26.7 Å². The van der Waals surface area contributed by atoms with E-state index in [0.717, 1.165) is 0 Å². The highest BCUT2D eigenvalue weighted by Crippen LogP contribution is 2.01. The van der Waals surface area contributed by atoms with Crippen LogP contribution in [-0.4, -0.2) is 68.2 Å². The first-order chi connectivity index (χ1) is 13.2. The summed E-state index contributed by atoms with van der Waals surface area (Å²) in [7, 11) is 0. The van der Waals surface area contributed by atoms with Gasteiger partial charge < -0.3 is 29.4 Å². The average Bonchev–Trinajstić information content (AvgIpc) is 2.64. The van der Waals surface area contributed by atoms with Crippen molar-refractivity contribution in [1.82, 2.24) is 5.32 Å². The lowest BCUT2D eigenvalue weighted by Gasteiger charge is -2.16. The molecule has 1 atom stereocenters. The number of amides is 1. The van der Waals surface area contributed by atoms with Crippen LogP contribution in [0.2, 0.25) is 0 Å². The van der Waals surface area contributed by atoms with Crippen LogP contribution in [0.3, 0.4) is 0 Å². The zero-order valence-electron chi connectivity index (χ0n) is 16.2. The summed E-state index contributed by atoms with van der Waals surface area (Å²) in [5, 5.41) is 11.5. The fourth-order valence-corrected chi connectivity index (χ4v) is 1.51. The third kappa shape index (κ3) is 12.5. The predicted octanol–water partition coefficient (Wildman–Crippen LogP) is 0.635. The van der Waals surface area contributed by atoms with Crippen molar-refractivity contribution in [3.05, 3.63) is 24.3 Å². The maximum absolute atomic E-state index is 11.7. The summed E-state index contributed by atoms with van der Waals surface area (Å²) in [5.41, 5.74) is 0.497. The molecule has 0 rings (SSSR count). The van der Waals surface area contributed by atoms with Crippen LogP contribution >= 0.6 is 0 Å². The van der Waals surface area contributed by atoms with Crippen molar-refractivity contribution in [2.45, 2.75) is 32.8 Å². The molecule has 10 heteroatoms. The van der Waals surface area contributed by atoms with Crippen LogP contribution in [0.5, 0.6) is 0 Å². The number of hydrogen-bond donors (Lipinski definition) is 2. The molecule has 0 fully saturated rings. The Morgan fingerprint density at radius 3 is 2.07 bits per heavy atom. The van der Waals surface area contributed by atoms with Crippen LogP contribution in [0, 0.1) is 0 Å². The summed E-state index contributed by atoms with van der Waals surface area (Å²) >= 11 is 0. The quantitative estimate of drug-likeness (QED) is 0.197. The van der Waals surface area contributed by atoms with Gasteiger partial charge in [0.05, 0.1) is 19.8 Å². The topological polar surface area (TPSA) is 137 Å². The molecule has 0 heterocycles. The number of hydrogen-bond acceptors (Lipinski definition) is 9. The standard InChI is InChI=1S/C18H27NO9/c1-12(2)16(22)25-8-5-6-15(21)28-14(10-20)11-27-18(24)19-7-9-26-17(23)13(3)4/h14,20H,1,3,5-11H2,2,4H3,(H,19,24). The fourth-order valence-electron chi connectivity index (χ4n) is 1.51. The normalized spacial score (nSPS) is 11.0. The lowest BCUT2D eigenvalue weighted by atomic mass is 10.3. The molecule has 0 aromatic heterocycles. The summed E-state index contributed by atoms with van der Waals surface area (Å²) < 4.78 is 19.4. The minimum absolute atomic E-state index is 0.0182. The average molecular weight is 401 g/mol. The van der Waals surface area contributed by atoms with Crippen molar-refractivity contribution in [2.24, 2.45) is 0 Å². The van der Waals surface area contributed by atoms with Crippen LogP contribution in [0.15, 0.2) is 24.3 Å². The summed E-state index contributed by atoms with van der Waals surface area (Å²) in [5.74, 6) is -1.76. The van der Waals surface area contributed by atoms with E-state index in [1.165, 1.54) is 13.8 Å². The number of esters is 3. The first-order valence-corrected chi connectivity index (χ1v) is 8.53. The van der Waals surface area contributed by atoms with Crippen molar-refractivity contribution < 1.29 is 43.2 Å². The Bertz CT molecular complexity index is 586. The van der Waals surface area contributed by atoms with E-state index in [4.69, 9.17) is 18.9 Å². The van der Waals surface area contributed by atoms with Crippen LogP contribution in [-0.2, 0) is 33.3 Å². The van der Waals surface area contributed by atoms with Crippen molar-refractivity contribution in [3.8, 4) is 0 Å². The molecule has 0 radical (unpaired) electrons. The molecule has 2 N–H and O–H groups in total. The highest BCUT2D eigenvalue weighted by atomic mass is 16.6. The van der Waals surface area contributed by atoms with E-state index in [1.54, 1.807) is 0 Å². The van der Waals surface area contributed by atoms with Crippen LogP contribution < -0.4 is 5.32 Å². The number of nitrogens with one attached hydrogen (secondary N) is 1. The van der Waals surface area contributed by atoms with Crippen molar-refractivity contribution in [3.63, 3.8) is 0 Å². The van der Waals surface area contributed by atoms with Crippen molar-refractivity contribution >= 4 is 24.0 Å². The summed E-state index contributed by atoms with van der Waals surface area (Å²) in [4.78, 5) is 45.4. The highest BCUT2D eigenvalue weighted by molar-refractivity contribution is 5.87. The molecule has 0 aliphatic heterocycles. The molecular formula is C18H27NO9. The van der Waals surface area contributed by atoms with E-state index in [1.807, 2.05) is 0 Å². The Kier molecular flexibility index (Phi) is 12.7. The molecule has 1 amide bonds. The third-order valence-corrected chi connectivity index (χ3v) is 2.96. The van der Waals surface area contributed by atoms with Gasteiger partial charge in [-0.25, -0.2) is 14.4 Å². The van der Waals surface area contributed by atoms with E-state index in [2.05, 4.69) is 18.5 Å². The number of carbonyl (C=O) groups is 4. The van der Waals surface area contributed by atoms with E-state index < -0.39 is 36.7 Å². The lowest BCUT2D eigenvalue weighted by molar-refractivity contribution is -0.154. The minimum atomic E-state index is -1.03. The van der Waals surface area contributed by atoms with Gasteiger partial charge >= 0.3 is 24.0 Å². The van der Waals surface area contributed by atoms with E-state index in [0.29, 0.717) is 0 Å². The molecule has 0 aliphatic carbocycles. The molecule has 10 nitrogen and oxygen atoms in total. The molecule has 0 aliphatic rings. The molecule has 0 aromatic rings. The van der Waals surface area contributed by atoms with Crippen LogP contribution in [0.25, 0.3) is 0 Å². The first kappa shape index (κ1) is 25.1. The fraction of sp³-hybridized carbons (Fsp3) is 0.556. The van der Waals surface area contributed by atoms with Gasteiger partial charge in [-0.3, -0.25) is 4.79 Å². The Balaban J connectivity index is 3.94. The Morgan fingerprint density at radius 1 is 0.964 bits per heavy atom. The molecule has 0 saturated carbocycles. The maximum Gasteiger partial charge on any atom is 0.407 e. The lowest BCUT2D eigenvalue weighted by Crippen LogP contribution is -2.33. The minimum Gasteiger partial charge on any atom is -0.462 e. The van der Waals surface area contributed by atoms with Gasteiger partial charge in [-0.1, -0.05) is 13.2 Å². The Labute approximate surface area is 163 Å². The smallest absolute Gasteiger partial charge is 0.407 e. The van der Waals surface area contributed by atoms with Gasteiger partial charge in [0.15, 0.2) is 6.10 Å². The monoisotopic (exact) mass is 401 g/mol. The van der Waals surface area contributed by atoms with E-state index in [-0.39, 0.29) is 50.4 Å².